The fourth-order valence-corrected chi connectivity index (χ4v) is 3.90. The van der Waals surface area contributed by atoms with Crippen molar-refractivity contribution in [2.75, 3.05) is 17.5 Å². The maximum Gasteiger partial charge on any atom is 0.335 e. The van der Waals surface area contributed by atoms with Crippen molar-refractivity contribution >= 4 is 21.7 Å². The molecule has 1 aliphatic heterocycles. The molecule has 23 heavy (non-hydrogen) atoms. The number of hydrogen-bond donors (Lipinski definition) is 1. The quantitative estimate of drug-likeness (QED) is 0.927. The molecule has 2 aromatic carbocycles. The average Bonchev–Trinajstić information content (AvgIpc) is 2.54. The van der Waals surface area contributed by atoms with E-state index in [9.17, 15) is 17.6 Å². The van der Waals surface area contributed by atoms with Gasteiger partial charge in [-0.1, -0.05) is 12.1 Å². The van der Waals surface area contributed by atoms with Gasteiger partial charge in [-0.15, -0.1) is 0 Å². The maximum absolute atomic E-state index is 14.0. The van der Waals surface area contributed by atoms with E-state index in [0.717, 1.165) is 22.5 Å². The summed E-state index contributed by atoms with van der Waals surface area (Å²) in [7, 11) is -4.25. The van der Waals surface area contributed by atoms with Crippen LogP contribution in [0.2, 0.25) is 0 Å². The van der Waals surface area contributed by atoms with E-state index < -0.39 is 26.7 Å². The number of nitrogens with zero attached hydrogens (tertiary/aromatic N) is 1. The molecule has 0 aromatic heterocycles. The van der Waals surface area contributed by atoms with Crippen molar-refractivity contribution in [3.63, 3.8) is 0 Å². The first-order chi connectivity index (χ1) is 10.9. The van der Waals surface area contributed by atoms with E-state index >= 15 is 0 Å². The third-order valence-corrected chi connectivity index (χ3v) is 5.26. The summed E-state index contributed by atoms with van der Waals surface area (Å²) < 4.78 is 46.0. The highest BCUT2D eigenvalue weighted by atomic mass is 32.2. The molecule has 0 unspecified atom stereocenters. The first-order valence-electron chi connectivity index (χ1n) is 6.68. The van der Waals surface area contributed by atoms with Gasteiger partial charge in [0.1, 0.15) is 23.1 Å². The summed E-state index contributed by atoms with van der Waals surface area (Å²) >= 11 is 0. The lowest BCUT2D eigenvalue weighted by Gasteiger charge is -2.30. The van der Waals surface area contributed by atoms with E-state index in [-0.39, 0.29) is 18.7 Å². The Balaban J connectivity index is 2.14. The standard InChI is InChI=1S/C15H12FNO5S/c16-11-6-5-10(15(18)19)9-14(11)23(20,21)17-7-8-22-13-4-2-1-3-12(13)17/h1-6,9H,7-8H2,(H,18,19). The van der Waals surface area contributed by atoms with Gasteiger partial charge < -0.3 is 9.84 Å². The maximum atomic E-state index is 14.0. The first kappa shape index (κ1) is 15.3. The molecule has 0 saturated heterocycles. The number of carboxylic acids is 1. The predicted octanol–water partition coefficient (Wildman–Crippen LogP) is 2.11. The van der Waals surface area contributed by atoms with Gasteiger partial charge in [-0.05, 0) is 30.3 Å². The molecule has 6 nitrogen and oxygen atoms in total. The topological polar surface area (TPSA) is 83.9 Å². The number of benzene rings is 2. The highest BCUT2D eigenvalue weighted by molar-refractivity contribution is 7.92. The van der Waals surface area contributed by atoms with Gasteiger partial charge in [0.05, 0.1) is 17.8 Å². The van der Waals surface area contributed by atoms with Crippen molar-refractivity contribution in [2.24, 2.45) is 0 Å². The first-order valence-corrected chi connectivity index (χ1v) is 8.12. The van der Waals surface area contributed by atoms with E-state index in [1.54, 1.807) is 24.3 Å². The number of halogens is 1. The molecule has 1 heterocycles. The number of carboxylic acid groups (broad SMARTS) is 1. The smallest absolute Gasteiger partial charge is 0.335 e. The lowest BCUT2D eigenvalue weighted by molar-refractivity contribution is 0.0696. The zero-order valence-electron chi connectivity index (χ0n) is 11.8. The van der Waals surface area contributed by atoms with E-state index in [1.165, 1.54) is 0 Å². The second kappa shape index (κ2) is 5.54. The zero-order chi connectivity index (χ0) is 16.6. The highest BCUT2D eigenvalue weighted by Crippen LogP contribution is 2.35. The number of carbonyl (C=O) groups is 1. The van der Waals surface area contributed by atoms with Crippen LogP contribution >= 0.6 is 0 Å². The van der Waals surface area contributed by atoms with Crippen LogP contribution in [0.4, 0.5) is 10.1 Å². The molecule has 0 atom stereocenters. The summed E-state index contributed by atoms with van der Waals surface area (Å²) in [5.41, 5.74) is -0.00889. The third-order valence-electron chi connectivity index (χ3n) is 3.43. The van der Waals surface area contributed by atoms with Crippen molar-refractivity contribution < 1.29 is 27.4 Å². The van der Waals surface area contributed by atoms with Gasteiger partial charge in [-0.3, -0.25) is 4.31 Å². The minimum atomic E-state index is -4.25. The lowest BCUT2D eigenvalue weighted by atomic mass is 10.2. The fourth-order valence-electron chi connectivity index (χ4n) is 2.35. The van der Waals surface area contributed by atoms with E-state index in [0.29, 0.717) is 11.4 Å². The van der Waals surface area contributed by atoms with Crippen molar-refractivity contribution in [1.82, 2.24) is 0 Å². The Hall–Kier alpha value is -2.61. The van der Waals surface area contributed by atoms with E-state index in [4.69, 9.17) is 9.84 Å². The number of anilines is 1. The normalized spacial score (nSPS) is 14.0. The van der Waals surface area contributed by atoms with E-state index in [2.05, 4.69) is 0 Å². The Morgan fingerprint density at radius 1 is 1.22 bits per heavy atom. The summed E-state index contributed by atoms with van der Waals surface area (Å²) in [4.78, 5) is 10.3. The molecule has 0 aliphatic carbocycles. The molecule has 3 rings (SSSR count). The molecular formula is C15H12FNO5S. The molecule has 0 bridgehead atoms. The summed E-state index contributed by atoms with van der Waals surface area (Å²) in [5, 5.41) is 8.98. The van der Waals surface area contributed by atoms with Crippen molar-refractivity contribution in [1.29, 1.82) is 0 Å². The second-order valence-electron chi connectivity index (χ2n) is 4.84. The number of fused-ring (bicyclic) bond motifs is 1. The number of ether oxygens (including phenoxy) is 1. The molecule has 0 radical (unpaired) electrons. The van der Waals surface area contributed by atoms with Gasteiger partial charge in [0.2, 0.25) is 0 Å². The van der Waals surface area contributed by atoms with Gasteiger partial charge in [0.25, 0.3) is 10.0 Å². The lowest BCUT2D eigenvalue weighted by Crippen LogP contribution is -2.38. The molecule has 1 aliphatic rings. The minimum absolute atomic E-state index is 0.0100. The largest absolute Gasteiger partial charge is 0.489 e. The van der Waals surface area contributed by atoms with Crippen LogP contribution in [0.3, 0.4) is 0 Å². The summed E-state index contributed by atoms with van der Waals surface area (Å²) in [6.07, 6.45) is 0. The summed E-state index contributed by atoms with van der Waals surface area (Å²) in [6, 6.07) is 9.17. The fraction of sp³-hybridized carbons (Fsp3) is 0.133. The second-order valence-corrected chi connectivity index (χ2v) is 6.67. The molecule has 0 fully saturated rings. The Morgan fingerprint density at radius 3 is 2.70 bits per heavy atom. The molecular weight excluding hydrogens is 325 g/mol. The van der Waals surface area contributed by atoms with Crippen molar-refractivity contribution in [3.05, 3.63) is 53.8 Å². The monoisotopic (exact) mass is 337 g/mol. The highest BCUT2D eigenvalue weighted by Gasteiger charge is 2.32. The van der Waals surface area contributed by atoms with Crippen LogP contribution in [-0.4, -0.2) is 32.6 Å². The molecule has 8 heteroatoms. The van der Waals surface area contributed by atoms with Crippen molar-refractivity contribution in [2.45, 2.75) is 4.90 Å². The number of hydrogen-bond acceptors (Lipinski definition) is 4. The molecule has 0 spiro atoms. The molecule has 1 N–H and O–H groups in total. The van der Waals surface area contributed by atoms with Crippen LogP contribution in [0.5, 0.6) is 5.75 Å². The predicted molar refractivity (Wildman–Crippen MR) is 79.8 cm³/mol. The number of aromatic carboxylic acids is 1. The Bertz CT molecular complexity index is 881. The molecule has 0 amide bonds. The Morgan fingerprint density at radius 2 is 1.96 bits per heavy atom. The van der Waals surface area contributed by atoms with Gasteiger partial charge in [0.15, 0.2) is 0 Å². The van der Waals surface area contributed by atoms with E-state index in [1.807, 2.05) is 0 Å². The van der Waals surface area contributed by atoms with Gasteiger partial charge in [0, 0.05) is 0 Å². The van der Waals surface area contributed by atoms with Crippen molar-refractivity contribution in [3.8, 4) is 5.75 Å². The van der Waals surface area contributed by atoms with Crippen LogP contribution in [0.1, 0.15) is 10.4 Å². The average molecular weight is 337 g/mol. The molecule has 2 aromatic rings. The van der Waals surface area contributed by atoms with Crippen LogP contribution in [0.25, 0.3) is 0 Å². The number of para-hydroxylation sites is 2. The summed E-state index contributed by atoms with van der Waals surface area (Å²) in [5.74, 6) is -1.96. The molecule has 0 saturated carbocycles. The van der Waals surface area contributed by atoms with Crippen LogP contribution in [-0.2, 0) is 10.0 Å². The number of sulfonamides is 1. The van der Waals surface area contributed by atoms with Gasteiger partial charge in [-0.2, -0.15) is 0 Å². The third kappa shape index (κ3) is 2.61. The van der Waals surface area contributed by atoms with Crippen LogP contribution in [0, 0.1) is 5.82 Å². The minimum Gasteiger partial charge on any atom is -0.489 e. The SMILES string of the molecule is O=C(O)c1ccc(F)c(S(=O)(=O)N2CCOc3ccccc32)c1. The van der Waals surface area contributed by atoms with Crippen LogP contribution < -0.4 is 9.04 Å². The van der Waals surface area contributed by atoms with Gasteiger partial charge >= 0.3 is 5.97 Å². The zero-order valence-corrected chi connectivity index (χ0v) is 12.6. The molecule has 120 valence electrons. The Labute approximate surface area is 131 Å². The number of rotatable bonds is 3. The van der Waals surface area contributed by atoms with Gasteiger partial charge in [-0.25, -0.2) is 17.6 Å². The van der Waals surface area contributed by atoms with Crippen LogP contribution in [0.15, 0.2) is 47.4 Å². The summed E-state index contributed by atoms with van der Waals surface area (Å²) in [6.45, 7) is 0.132. The Kier molecular flexibility index (Phi) is 3.69.